The number of carbonyl (C=O) groups is 1. The van der Waals surface area contributed by atoms with Crippen LogP contribution in [0.2, 0.25) is 0 Å². The van der Waals surface area contributed by atoms with E-state index in [1.165, 1.54) is 17.5 Å². The van der Waals surface area contributed by atoms with E-state index in [1.54, 1.807) is 6.08 Å². The van der Waals surface area contributed by atoms with E-state index >= 15 is 0 Å². The Morgan fingerprint density at radius 3 is 2.03 bits per heavy atom. The van der Waals surface area contributed by atoms with Gasteiger partial charge in [0.15, 0.2) is 0 Å². The third-order valence-corrected chi connectivity index (χ3v) is 6.64. The molecule has 0 aromatic heterocycles. The average Bonchev–Trinajstić information content (AvgIpc) is 3.21. The number of hydrogen-bond donors (Lipinski definition) is 1. The molecule has 4 nitrogen and oxygen atoms in total. The molecule has 4 rings (SSSR count). The van der Waals surface area contributed by atoms with Gasteiger partial charge in [0.25, 0.3) is 0 Å². The van der Waals surface area contributed by atoms with Gasteiger partial charge in [0, 0.05) is 17.2 Å². The van der Waals surface area contributed by atoms with E-state index in [0.717, 1.165) is 29.2 Å². The van der Waals surface area contributed by atoms with Gasteiger partial charge in [-0.25, -0.2) is 4.79 Å². The SMILES string of the molecule is CC1(C)CCC(C)(C)c2cc(C3(c4ccc(C=CC(=O)O)cc4)OCCO3)ccc21. The normalized spacial score (nSPS) is 21.5. The maximum atomic E-state index is 10.8. The molecule has 158 valence electrons. The van der Waals surface area contributed by atoms with Crippen molar-refractivity contribution in [2.75, 3.05) is 13.2 Å². The second-order valence-corrected chi connectivity index (χ2v) is 9.64. The Labute approximate surface area is 178 Å². The molecule has 2 aromatic rings. The summed E-state index contributed by atoms with van der Waals surface area (Å²) >= 11 is 0. The summed E-state index contributed by atoms with van der Waals surface area (Å²) in [6.45, 7) is 10.3. The molecule has 0 atom stereocenters. The van der Waals surface area contributed by atoms with Gasteiger partial charge in [0.1, 0.15) is 0 Å². The van der Waals surface area contributed by atoms with Crippen LogP contribution in [-0.4, -0.2) is 24.3 Å². The lowest BCUT2D eigenvalue weighted by atomic mass is 9.62. The van der Waals surface area contributed by atoms with E-state index in [-0.39, 0.29) is 10.8 Å². The summed E-state index contributed by atoms with van der Waals surface area (Å²) in [6, 6.07) is 14.4. The van der Waals surface area contributed by atoms with Crippen molar-refractivity contribution >= 4 is 12.0 Å². The number of rotatable bonds is 4. The van der Waals surface area contributed by atoms with Gasteiger partial charge in [-0.1, -0.05) is 64.1 Å². The molecule has 0 unspecified atom stereocenters. The minimum absolute atomic E-state index is 0.103. The van der Waals surface area contributed by atoms with Crippen LogP contribution >= 0.6 is 0 Å². The molecule has 0 radical (unpaired) electrons. The van der Waals surface area contributed by atoms with E-state index < -0.39 is 11.8 Å². The summed E-state index contributed by atoms with van der Waals surface area (Å²) in [4.78, 5) is 10.8. The van der Waals surface area contributed by atoms with Crippen molar-refractivity contribution in [1.29, 1.82) is 0 Å². The largest absolute Gasteiger partial charge is 0.478 e. The molecular weight excluding hydrogens is 376 g/mol. The topological polar surface area (TPSA) is 55.8 Å². The van der Waals surface area contributed by atoms with E-state index in [1.807, 2.05) is 24.3 Å². The molecule has 1 heterocycles. The average molecular weight is 407 g/mol. The van der Waals surface area contributed by atoms with Gasteiger partial charge in [-0.05, 0) is 52.5 Å². The van der Waals surface area contributed by atoms with Crippen molar-refractivity contribution in [1.82, 2.24) is 0 Å². The van der Waals surface area contributed by atoms with Crippen molar-refractivity contribution in [3.8, 4) is 0 Å². The fourth-order valence-corrected chi connectivity index (χ4v) is 4.69. The lowest BCUT2D eigenvalue weighted by molar-refractivity contribution is -0.131. The first-order valence-electron chi connectivity index (χ1n) is 10.6. The Bertz CT molecular complexity index is 977. The Hall–Kier alpha value is -2.43. The monoisotopic (exact) mass is 406 g/mol. The first-order chi connectivity index (χ1) is 14.1. The zero-order valence-electron chi connectivity index (χ0n) is 18.2. The number of carboxylic acid groups (broad SMARTS) is 1. The van der Waals surface area contributed by atoms with Gasteiger partial charge in [-0.15, -0.1) is 0 Å². The van der Waals surface area contributed by atoms with Crippen molar-refractivity contribution in [3.63, 3.8) is 0 Å². The number of benzene rings is 2. The van der Waals surface area contributed by atoms with Gasteiger partial charge in [0.05, 0.1) is 13.2 Å². The van der Waals surface area contributed by atoms with Gasteiger partial charge in [-0.3, -0.25) is 0 Å². The second kappa shape index (κ2) is 7.36. The summed E-state index contributed by atoms with van der Waals surface area (Å²) in [5, 5.41) is 8.84. The molecular formula is C26H30O4. The Morgan fingerprint density at radius 2 is 1.43 bits per heavy atom. The molecule has 0 saturated carbocycles. The van der Waals surface area contributed by atoms with E-state index in [4.69, 9.17) is 14.6 Å². The first-order valence-corrected chi connectivity index (χ1v) is 10.6. The molecule has 30 heavy (non-hydrogen) atoms. The first kappa shape index (κ1) is 20.8. The van der Waals surface area contributed by atoms with E-state index in [2.05, 4.69) is 45.9 Å². The summed E-state index contributed by atoms with van der Waals surface area (Å²) in [5.41, 5.74) is 5.79. The molecule has 1 N–H and O–H groups in total. The molecule has 2 aromatic carbocycles. The van der Waals surface area contributed by atoms with Crippen molar-refractivity contribution in [2.24, 2.45) is 0 Å². The molecule has 0 amide bonds. The van der Waals surface area contributed by atoms with Crippen LogP contribution in [0.5, 0.6) is 0 Å². The van der Waals surface area contributed by atoms with Crippen LogP contribution in [0.4, 0.5) is 0 Å². The molecule has 1 aliphatic carbocycles. The number of hydrogen-bond acceptors (Lipinski definition) is 3. The summed E-state index contributed by atoms with van der Waals surface area (Å²) in [7, 11) is 0. The van der Waals surface area contributed by atoms with Crippen molar-refractivity contribution in [2.45, 2.75) is 57.2 Å². The molecule has 0 bridgehead atoms. The minimum Gasteiger partial charge on any atom is -0.478 e. The zero-order valence-corrected chi connectivity index (χ0v) is 18.2. The van der Waals surface area contributed by atoms with Crippen LogP contribution in [0, 0.1) is 0 Å². The number of carboxylic acids is 1. The standard InChI is InChI=1S/C26H30O4/c1-24(2)13-14-25(3,4)22-17-20(10-11-21(22)24)26(29-15-16-30-26)19-8-5-18(6-9-19)7-12-23(27)28/h5-12,17H,13-16H2,1-4H3,(H,27,28). The van der Waals surface area contributed by atoms with Crippen LogP contribution in [0.3, 0.4) is 0 Å². The van der Waals surface area contributed by atoms with Crippen LogP contribution in [0.1, 0.15) is 68.4 Å². The predicted molar refractivity (Wildman–Crippen MR) is 118 cm³/mol. The quantitative estimate of drug-likeness (QED) is 0.693. The highest BCUT2D eigenvalue weighted by Gasteiger charge is 2.43. The Morgan fingerprint density at radius 1 is 0.867 bits per heavy atom. The van der Waals surface area contributed by atoms with Gasteiger partial charge in [0.2, 0.25) is 5.79 Å². The lowest BCUT2D eigenvalue weighted by Gasteiger charge is -2.42. The molecule has 0 spiro atoms. The number of aliphatic carboxylic acids is 1. The van der Waals surface area contributed by atoms with E-state index in [0.29, 0.717) is 13.2 Å². The molecule has 1 fully saturated rings. The third-order valence-electron chi connectivity index (χ3n) is 6.64. The number of fused-ring (bicyclic) bond motifs is 1. The second-order valence-electron chi connectivity index (χ2n) is 9.64. The van der Waals surface area contributed by atoms with Gasteiger partial charge < -0.3 is 14.6 Å². The summed E-state index contributed by atoms with van der Waals surface area (Å²) < 4.78 is 12.5. The highest BCUT2D eigenvalue weighted by molar-refractivity contribution is 5.85. The third kappa shape index (κ3) is 3.59. The fourth-order valence-electron chi connectivity index (χ4n) is 4.69. The van der Waals surface area contributed by atoms with Crippen LogP contribution in [0.25, 0.3) is 6.08 Å². The summed E-state index contributed by atoms with van der Waals surface area (Å²) in [6.07, 6.45) is 5.05. The molecule has 1 saturated heterocycles. The van der Waals surface area contributed by atoms with Crippen LogP contribution in [0.15, 0.2) is 48.5 Å². The smallest absolute Gasteiger partial charge is 0.328 e. The Kier molecular flexibility index (Phi) is 5.11. The minimum atomic E-state index is -0.961. The molecule has 2 aliphatic rings. The zero-order chi connectivity index (χ0) is 21.6. The highest BCUT2D eigenvalue weighted by atomic mass is 16.7. The van der Waals surface area contributed by atoms with Crippen LogP contribution < -0.4 is 0 Å². The van der Waals surface area contributed by atoms with E-state index in [9.17, 15) is 4.79 Å². The maximum absolute atomic E-state index is 10.8. The number of ether oxygens (including phenoxy) is 2. The molecule has 1 aliphatic heterocycles. The predicted octanol–water partition coefficient (Wildman–Crippen LogP) is 5.38. The van der Waals surface area contributed by atoms with Crippen molar-refractivity contribution < 1.29 is 19.4 Å². The maximum Gasteiger partial charge on any atom is 0.328 e. The van der Waals surface area contributed by atoms with Gasteiger partial charge in [-0.2, -0.15) is 0 Å². The summed E-state index contributed by atoms with van der Waals surface area (Å²) in [5.74, 6) is -1.89. The van der Waals surface area contributed by atoms with Gasteiger partial charge >= 0.3 is 5.97 Å². The van der Waals surface area contributed by atoms with Crippen LogP contribution in [-0.2, 0) is 30.9 Å². The Balaban J connectivity index is 1.78. The lowest BCUT2D eigenvalue weighted by Crippen LogP contribution is -2.35. The fraction of sp³-hybridized carbons (Fsp3) is 0.423. The highest BCUT2D eigenvalue weighted by Crippen LogP contribution is 2.48. The van der Waals surface area contributed by atoms with Crippen molar-refractivity contribution in [3.05, 3.63) is 76.4 Å². The molecule has 4 heteroatoms.